The molecule has 0 saturated carbocycles. The number of hydrogen-bond donors (Lipinski definition) is 1. The van der Waals surface area contributed by atoms with Crippen molar-refractivity contribution in [2.24, 2.45) is 0 Å². The minimum atomic E-state index is -0.0425. The standard InChI is InChI=1S/C19H19N5O2/c1-26-16-6-4-5-15-14(16)9-12-23(15)13-19(25)20-10-8-18-22-21-17-7-2-3-11-24(17)18/h2-7,9,11-12H,8,10,13H2,1H3,(H,20,25). The Labute approximate surface area is 150 Å². The van der Waals surface area contributed by atoms with E-state index in [9.17, 15) is 4.79 Å². The third-order valence-corrected chi connectivity index (χ3v) is 4.36. The minimum Gasteiger partial charge on any atom is -0.496 e. The van der Waals surface area contributed by atoms with Gasteiger partial charge in [0, 0.05) is 30.7 Å². The molecule has 7 heteroatoms. The van der Waals surface area contributed by atoms with E-state index in [0.29, 0.717) is 13.0 Å². The van der Waals surface area contributed by atoms with Crippen molar-refractivity contribution in [1.29, 1.82) is 0 Å². The molecule has 3 heterocycles. The van der Waals surface area contributed by atoms with Crippen LogP contribution >= 0.6 is 0 Å². The molecule has 0 aliphatic rings. The van der Waals surface area contributed by atoms with E-state index < -0.39 is 0 Å². The van der Waals surface area contributed by atoms with Crippen LogP contribution in [0.1, 0.15) is 5.82 Å². The van der Waals surface area contributed by atoms with Gasteiger partial charge >= 0.3 is 0 Å². The van der Waals surface area contributed by atoms with Crippen molar-refractivity contribution >= 4 is 22.5 Å². The van der Waals surface area contributed by atoms with Crippen molar-refractivity contribution in [3.05, 3.63) is 60.7 Å². The van der Waals surface area contributed by atoms with Gasteiger partial charge in [-0.15, -0.1) is 10.2 Å². The second kappa shape index (κ2) is 6.87. The molecular weight excluding hydrogens is 330 g/mol. The average Bonchev–Trinajstić information content (AvgIpc) is 3.26. The molecule has 0 unspecified atom stereocenters. The molecule has 26 heavy (non-hydrogen) atoms. The van der Waals surface area contributed by atoms with Crippen molar-refractivity contribution in [3.63, 3.8) is 0 Å². The third-order valence-electron chi connectivity index (χ3n) is 4.36. The van der Waals surface area contributed by atoms with Gasteiger partial charge in [-0.1, -0.05) is 12.1 Å². The molecule has 0 radical (unpaired) electrons. The van der Waals surface area contributed by atoms with Crippen molar-refractivity contribution in [2.75, 3.05) is 13.7 Å². The van der Waals surface area contributed by atoms with Gasteiger partial charge < -0.3 is 14.6 Å². The van der Waals surface area contributed by atoms with E-state index in [4.69, 9.17) is 4.74 Å². The highest BCUT2D eigenvalue weighted by molar-refractivity contribution is 5.88. The molecule has 0 bridgehead atoms. The Kier molecular flexibility index (Phi) is 4.27. The maximum atomic E-state index is 12.3. The monoisotopic (exact) mass is 349 g/mol. The smallest absolute Gasteiger partial charge is 0.239 e. The van der Waals surface area contributed by atoms with Gasteiger partial charge in [0.15, 0.2) is 5.65 Å². The molecule has 1 N–H and O–H groups in total. The summed E-state index contributed by atoms with van der Waals surface area (Å²) >= 11 is 0. The highest BCUT2D eigenvalue weighted by Gasteiger charge is 2.10. The predicted octanol–water partition coefficient (Wildman–Crippen LogP) is 2.05. The average molecular weight is 349 g/mol. The first-order chi connectivity index (χ1) is 12.8. The van der Waals surface area contributed by atoms with Crippen molar-refractivity contribution in [1.82, 2.24) is 24.5 Å². The van der Waals surface area contributed by atoms with E-state index in [1.165, 1.54) is 0 Å². The van der Waals surface area contributed by atoms with Crippen LogP contribution in [0.15, 0.2) is 54.9 Å². The Morgan fingerprint density at radius 2 is 2.04 bits per heavy atom. The summed E-state index contributed by atoms with van der Waals surface area (Å²) in [6.45, 7) is 0.772. The lowest BCUT2D eigenvalue weighted by molar-refractivity contribution is -0.121. The predicted molar refractivity (Wildman–Crippen MR) is 98.2 cm³/mol. The fourth-order valence-corrected chi connectivity index (χ4v) is 3.10. The number of rotatable bonds is 6. The number of hydrogen-bond acceptors (Lipinski definition) is 4. The summed E-state index contributed by atoms with van der Waals surface area (Å²) in [5.74, 6) is 1.59. The number of amides is 1. The Balaban J connectivity index is 1.39. The van der Waals surface area contributed by atoms with E-state index in [0.717, 1.165) is 28.1 Å². The molecule has 0 spiro atoms. The van der Waals surface area contributed by atoms with E-state index >= 15 is 0 Å². The van der Waals surface area contributed by atoms with Crippen LogP contribution in [0.3, 0.4) is 0 Å². The topological polar surface area (TPSA) is 73.4 Å². The zero-order chi connectivity index (χ0) is 17.9. The summed E-state index contributed by atoms with van der Waals surface area (Å²) in [6, 6.07) is 13.5. The highest BCUT2D eigenvalue weighted by Crippen LogP contribution is 2.26. The number of carbonyl (C=O) groups is 1. The summed E-state index contributed by atoms with van der Waals surface area (Å²) < 4.78 is 9.20. The summed E-state index contributed by atoms with van der Waals surface area (Å²) in [4.78, 5) is 12.3. The lowest BCUT2D eigenvalue weighted by atomic mass is 10.2. The largest absolute Gasteiger partial charge is 0.496 e. The van der Waals surface area contributed by atoms with Crippen molar-refractivity contribution in [3.8, 4) is 5.75 Å². The molecule has 0 atom stereocenters. The first-order valence-electron chi connectivity index (χ1n) is 8.43. The molecule has 132 valence electrons. The molecular formula is C19H19N5O2. The van der Waals surface area contributed by atoms with E-state index in [-0.39, 0.29) is 12.5 Å². The summed E-state index contributed by atoms with van der Waals surface area (Å²) in [7, 11) is 1.65. The van der Waals surface area contributed by atoms with Gasteiger partial charge in [0.1, 0.15) is 18.1 Å². The van der Waals surface area contributed by atoms with Gasteiger partial charge in [0.05, 0.1) is 12.6 Å². The fourth-order valence-electron chi connectivity index (χ4n) is 3.10. The maximum Gasteiger partial charge on any atom is 0.239 e. The Bertz CT molecular complexity index is 1070. The number of carbonyl (C=O) groups excluding carboxylic acids is 1. The summed E-state index contributed by atoms with van der Waals surface area (Å²) in [6.07, 6.45) is 4.45. The second-order valence-electron chi connectivity index (χ2n) is 5.98. The third kappa shape index (κ3) is 2.99. The van der Waals surface area contributed by atoms with Crippen LogP contribution in [0.25, 0.3) is 16.6 Å². The number of methoxy groups -OCH3 is 1. The number of ether oxygens (including phenoxy) is 1. The molecule has 0 saturated heterocycles. The SMILES string of the molecule is COc1cccc2c1ccn2CC(=O)NCCc1nnc2ccccn12. The van der Waals surface area contributed by atoms with Gasteiger partial charge in [-0.3, -0.25) is 9.20 Å². The normalized spacial score (nSPS) is 11.1. The van der Waals surface area contributed by atoms with E-state index in [2.05, 4.69) is 15.5 Å². The van der Waals surface area contributed by atoms with Crippen molar-refractivity contribution in [2.45, 2.75) is 13.0 Å². The molecule has 0 aliphatic carbocycles. The van der Waals surface area contributed by atoms with Gasteiger partial charge in [0.2, 0.25) is 5.91 Å². The molecule has 0 aliphatic heterocycles. The second-order valence-corrected chi connectivity index (χ2v) is 5.98. The summed E-state index contributed by atoms with van der Waals surface area (Å²) in [5.41, 5.74) is 1.78. The molecule has 4 rings (SSSR count). The zero-order valence-electron chi connectivity index (χ0n) is 14.4. The quantitative estimate of drug-likeness (QED) is 0.578. The number of nitrogens with one attached hydrogen (secondary N) is 1. The van der Waals surface area contributed by atoms with Crippen LogP contribution in [-0.4, -0.2) is 38.7 Å². The van der Waals surface area contributed by atoms with Crippen molar-refractivity contribution < 1.29 is 9.53 Å². The summed E-state index contributed by atoms with van der Waals surface area (Å²) in [5, 5.41) is 12.2. The van der Waals surface area contributed by atoms with Gasteiger partial charge in [0.25, 0.3) is 0 Å². The number of aromatic nitrogens is 4. The van der Waals surface area contributed by atoms with Gasteiger partial charge in [-0.25, -0.2) is 0 Å². The molecule has 4 aromatic rings. The maximum absolute atomic E-state index is 12.3. The number of pyridine rings is 1. The van der Waals surface area contributed by atoms with Crippen LogP contribution in [0.2, 0.25) is 0 Å². The molecule has 0 fully saturated rings. The van der Waals surface area contributed by atoms with Crippen LogP contribution < -0.4 is 10.1 Å². The molecule has 1 amide bonds. The molecule has 7 nitrogen and oxygen atoms in total. The Morgan fingerprint density at radius 1 is 1.12 bits per heavy atom. The van der Waals surface area contributed by atoms with Crippen LogP contribution in [0.4, 0.5) is 0 Å². The first-order valence-corrected chi connectivity index (χ1v) is 8.43. The first kappa shape index (κ1) is 16.1. The van der Waals surface area contributed by atoms with E-state index in [1.54, 1.807) is 7.11 Å². The Morgan fingerprint density at radius 3 is 2.92 bits per heavy atom. The van der Waals surface area contributed by atoms with E-state index in [1.807, 2.05) is 63.8 Å². The molecule has 1 aromatic carbocycles. The van der Waals surface area contributed by atoms with Crippen LogP contribution in [0, 0.1) is 0 Å². The van der Waals surface area contributed by atoms with Crippen LogP contribution in [0.5, 0.6) is 5.75 Å². The lowest BCUT2D eigenvalue weighted by Gasteiger charge is -2.08. The van der Waals surface area contributed by atoms with Crippen LogP contribution in [-0.2, 0) is 17.8 Å². The Hall–Kier alpha value is -3.35. The molecule has 3 aromatic heterocycles. The zero-order valence-corrected chi connectivity index (χ0v) is 14.4. The number of nitrogens with zero attached hydrogens (tertiary/aromatic N) is 4. The number of benzene rings is 1. The minimum absolute atomic E-state index is 0.0425. The van der Waals surface area contributed by atoms with Gasteiger partial charge in [-0.05, 0) is 30.3 Å². The highest BCUT2D eigenvalue weighted by atomic mass is 16.5. The fraction of sp³-hybridized carbons (Fsp3) is 0.211. The lowest BCUT2D eigenvalue weighted by Crippen LogP contribution is -2.29. The number of fused-ring (bicyclic) bond motifs is 2. The van der Waals surface area contributed by atoms with Gasteiger partial charge in [-0.2, -0.15) is 0 Å².